The predicted octanol–water partition coefficient (Wildman–Crippen LogP) is -0.235. The maximum atomic E-state index is 5.61. The molecule has 0 amide bonds. The number of nitrogens with zero attached hydrogens (tertiary/aromatic N) is 4. The molecular weight excluding hydrogens is 234 g/mol. The molecule has 1 aromatic rings. The van der Waals surface area contributed by atoms with E-state index in [0.717, 1.165) is 39.3 Å². The summed E-state index contributed by atoms with van der Waals surface area (Å²) in [6.07, 6.45) is 3.68. The van der Waals surface area contributed by atoms with Crippen LogP contribution in [0.25, 0.3) is 0 Å². The van der Waals surface area contributed by atoms with Crippen LogP contribution in [0.2, 0.25) is 0 Å². The monoisotopic (exact) mass is 253 g/mol. The Balaban J connectivity index is 1.85. The molecule has 0 saturated carbocycles. The van der Waals surface area contributed by atoms with Crippen LogP contribution in [0.15, 0.2) is 12.4 Å². The first-order valence-electron chi connectivity index (χ1n) is 5.88. The van der Waals surface area contributed by atoms with E-state index in [0.29, 0.717) is 10.8 Å². The summed E-state index contributed by atoms with van der Waals surface area (Å²) in [5.41, 5.74) is 5.61. The number of nitrogens with two attached hydrogens (primary N) is 1. The molecule has 0 spiro atoms. The molecule has 0 aromatic carbocycles. The first-order chi connectivity index (χ1) is 8.16. The summed E-state index contributed by atoms with van der Waals surface area (Å²) in [7, 11) is 2.16. The molecule has 0 unspecified atom stereocenters. The standard InChI is InChI=1S/C11H19N5S/c1-14-4-6-15(7-5-14)8-9-16-3-2-13-11(16)10(12)17/h2-3H,4-9H2,1H3,(H2,12,17). The van der Waals surface area contributed by atoms with Crippen LogP contribution in [0.5, 0.6) is 0 Å². The second-order valence-electron chi connectivity index (χ2n) is 4.45. The summed E-state index contributed by atoms with van der Waals surface area (Å²) in [6.45, 7) is 6.48. The first-order valence-corrected chi connectivity index (χ1v) is 6.29. The van der Waals surface area contributed by atoms with E-state index >= 15 is 0 Å². The van der Waals surface area contributed by atoms with E-state index in [1.807, 2.05) is 10.8 Å². The highest BCUT2D eigenvalue weighted by molar-refractivity contribution is 7.80. The van der Waals surface area contributed by atoms with E-state index in [9.17, 15) is 0 Å². The molecule has 2 heterocycles. The highest BCUT2D eigenvalue weighted by Gasteiger charge is 2.14. The Morgan fingerprint density at radius 1 is 1.35 bits per heavy atom. The lowest BCUT2D eigenvalue weighted by Crippen LogP contribution is -2.45. The third-order valence-corrected chi connectivity index (χ3v) is 3.37. The summed E-state index contributed by atoms with van der Waals surface area (Å²) in [5, 5.41) is 0. The van der Waals surface area contributed by atoms with Gasteiger partial charge in [0, 0.05) is 51.7 Å². The van der Waals surface area contributed by atoms with Gasteiger partial charge in [0.25, 0.3) is 0 Å². The Bertz CT molecular complexity index is 381. The number of rotatable bonds is 4. The number of likely N-dealkylation sites (N-methyl/N-ethyl adjacent to an activating group) is 1. The maximum absolute atomic E-state index is 5.61. The number of imidazole rings is 1. The van der Waals surface area contributed by atoms with Crippen LogP contribution in [0, 0.1) is 0 Å². The molecule has 6 heteroatoms. The molecule has 2 N–H and O–H groups in total. The Labute approximate surface area is 107 Å². The highest BCUT2D eigenvalue weighted by atomic mass is 32.1. The van der Waals surface area contributed by atoms with Gasteiger partial charge in [0.05, 0.1) is 0 Å². The minimum Gasteiger partial charge on any atom is -0.387 e. The fourth-order valence-corrected chi connectivity index (χ4v) is 2.21. The van der Waals surface area contributed by atoms with Gasteiger partial charge in [-0.1, -0.05) is 12.2 Å². The van der Waals surface area contributed by atoms with Crippen LogP contribution in [-0.2, 0) is 6.54 Å². The number of thiocarbonyl (C=S) groups is 1. The van der Waals surface area contributed by atoms with Crippen molar-refractivity contribution >= 4 is 17.2 Å². The van der Waals surface area contributed by atoms with Crippen LogP contribution in [0.1, 0.15) is 5.82 Å². The molecule has 94 valence electrons. The molecule has 0 aliphatic carbocycles. The largest absolute Gasteiger partial charge is 0.387 e. The molecule has 1 aliphatic heterocycles. The number of aromatic nitrogens is 2. The minimum atomic E-state index is 0.369. The third-order valence-electron chi connectivity index (χ3n) is 3.19. The average molecular weight is 253 g/mol. The van der Waals surface area contributed by atoms with Gasteiger partial charge in [-0.15, -0.1) is 0 Å². The van der Waals surface area contributed by atoms with Gasteiger partial charge in [-0.2, -0.15) is 0 Å². The summed E-state index contributed by atoms with van der Waals surface area (Å²) >= 11 is 4.96. The van der Waals surface area contributed by atoms with Gasteiger partial charge in [-0.25, -0.2) is 4.98 Å². The van der Waals surface area contributed by atoms with E-state index in [1.165, 1.54) is 0 Å². The van der Waals surface area contributed by atoms with Gasteiger partial charge in [-0.3, -0.25) is 4.90 Å². The maximum Gasteiger partial charge on any atom is 0.167 e. The summed E-state index contributed by atoms with van der Waals surface area (Å²) in [6, 6.07) is 0. The number of hydrogen-bond donors (Lipinski definition) is 1. The van der Waals surface area contributed by atoms with E-state index in [4.69, 9.17) is 18.0 Å². The van der Waals surface area contributed by atoms with Crippen molar-refractivity contribution in [3.63, 3.8) is 0 Å². The second-order valence-corrected chi connectivity index (χ2v) is 4.89. The molecule has 17 heavy (non-hydrogen) atoms. The van der Waals surface area contributed by atoms with Crippen LogP contribution in [-0.4, -0.2) is 64.1 Å². The first kappa shape index (κ1) is 12.5. The quantitative estimate of drug-likeness (QED) is 0.751. The van der Waals surface area contributed by atoms with Crippen molar-refractivity contribution in [1.82, 2.24) is 19.4 Å². The van der Waals surface area contributed by atoms with Crippen molar-refractivity contribution in [2.45, 2.75) is 6.54 Å². The van der Waals surface area contributed by atoms with Crippen LogP contribution in [0.3, 0.4) is 0 Å². The zero-order valence-electron chi connectivity index (χ0n) is 10.2. The van der Waals surface area contributed by atoms with Gasteiger partial charge in [0.2, 0.25) is 0 Å². The SMILES string of the molecule is CN1CCN(CCn2ccnc2C(N)=S)CC1. The van der Waals surface area contributed by atoms with Gasteiger partial charge in [0.1, 0.15) is 4.99 Å². The van der Waals surface area contributed by atoms with E-state index in [1.54, 1.807) is 6.20 Å². The fraction of sp³-hybridized carbons (Fsp3) is 0.636. The van der Waals surface area contributed by atoms with Crippen molar-refractivity contribution in [2.24, 2.45) is 5.73 Å². The smallest absolute Gasteiger partial charge is 0.167 e. The molecule has 2 rings (SSSR count). The molecule has 1 fully saturated rings. The van der Waals surface area contributed by atoms with Crippen molar-refractivity contribution in [2.75, 3.05) is 39.8 Å². The second kappa shape index (κ2) is 5.57. The predicted molar refractivity (Wildman–Crippen MR) is 72.1 cm³/mol. The van der Waals surface area contributed by atoms with Crippen molar-refractivity contribution in [1.29, 1.82) is 0 Å². The van der Waals surface area contributed by atoms with Crippen LogP contribution in [0.4, 0.5) is 0 Å². The Morgan fingerprint density at radius 2 is 2.06 bits per heavy atom. The Kier molecular flexibility index (Phi) is 4.09. The molecule has 5 nitrogen and oxygen atoms in total. The highest BCUT2D eigenvalue weighted by Crippen LogP contribution is 2.02. The fourth-order valence-electron chi connectivity index (χ4n) is 2.04. The van der Waals surface area contributed by atoms with Gasteiger partial charge >= 0.3 is 0 Å². The molecule has 0 atom stereocenters. The summed E-state index contributed by atoms with van der Waals surface area (Å²) < 4.78 is 2.03. The molecule has 0 bridgehead atoms. The third kappa shape index (κ3) is 3.24. The van der Waals surface area contributed by atoms with Crippen LogP contribution < -0.4 is 5.73 Å². The topological polar surface area (TPSA) is 50.3 Å². The molecule has 1 aromatic heterocycles. The molecular formula is C11H19N5S. The van der Waals surface area contributed by atoms with Crippen molar-refractivity contribution < 1.29 is 0 Å². The van der Waals surface area contributed by atoms with E-state index in [-0.39, 0.29) is 0 Å². The molecule has 1 aliphatic rings. The minimum absolute atomic E-state index is 0.369. The number of piperazine rings is 1. The zero-order chi connectivity index (χ0) is 12.3. The zero-order valence-corrected chi connectivity index (χ0v) is 11.0. The molecule has 0 radical (unpaired) electrons. The lowest BCUT2D eigenvalue weighted by Gasteiger charge is -2.32. The van der Waals surface area contributed by atoms with E-state index < -0.39 is 0 Å². The average Bonchev–Trinajstić information content (AvgIpc) is 2.76. The summed E-state index contributed by atoms with van der Waals surface area (Å²) in [5.74, 6) is 0.717. The lowest BCUT2D eigenvalue weighted by molar-refractivity contribution is 0.150. The van der Waals surface area contributed by atoms with Gasteiger partial charge in [0.15, 0.2) is 5.82 Å². The Morgan fingerprint density at radius 3 is 2.71 bits per heavy atom. The lowest BCUT2D eigenvalue weighted by atomic mass is 10.3. The van der Waals surface area contributed by atoms with Crippen LogP contribution >= 0.6 is 12.2 Å². The normalized spacial score (nSPS) is 18.4. The van der Waals surface area contributed by atoms with Crippen molar-refractivity contribution in [3.05, 3.63) is 18.2 Å². The Hall–Kier alpha value is -0.980. The van der Waals surface area contributed by atoms with Crippen molar-refractivity contribution in [3.8, 4) is 0 Å². The summed E-state index contributed by atoms with van der Waals surface area (Å²) in [4.78, 5) is 9.35. The number of hydrogen-bond acceptors (Lipinski definition) is 4. The molecule has 1 saturated heterocycles. The van der Waals surface area contributed by atoms with Gasteiger partial charge < -0.3 is 15.2 Å². The van der Waals surface area contributed by atoms with Gasteiger partial charge in [-0.05, 0) is 7.05 Å². The van der Waals surface area contributed by atoms with E-state index in [2.05, 4.69) is 21.8 Å².